The molecule has 5 heteroatoms. The number of carbonyl (C=O) groups excluding carboxylic acids is 1. The molecule has 4 nitrogen and oxygen atoms in total. The van der Waals surface area contributed by atoms with E-state index >= 15 is 0 Å². The highest BCUT2D eigenvalue weighted by atomic mass is 19.1. The van der Waals surface area contributed by atoms with Crippen molar-refractivity contribution in [1.82, 2.24) is 5.32 Å². The lowest BCUT2D eigenvalue weighted by Gasteiger charge is -2.14. The molecule has 0 saturated carbocycles. The normalized spacial score (nSPS) is 17.2. The van der Waals surface area contributed by atoms with Crippen molar-refractivity contribution in [3.63, 3.8) is 0 Å². The minimum Gasteiger partial charge on any atom is -0.478 e. The van der Waals surface area contributed by atoms with Gasteiger partial charge in [0, 0.05) is 18.0 Å². The zero-order valence-electron chi connectivity index (χ0n) is 12.4. The van der Waals surface area contributed by atoms with Crippen LogP contribution in [-0.2, 0) is 0 Å². The van der Waals surface area contributed by atoms with E-state index in [1.165, 1.54) is 12.1 Å². The number of ketones is 1. The summed E-state index contributed by atoms with van der Waals surface area (Å²) in [6.45, 7) is 1.43. The maximum Gasteiger partial charge on any atom is 0.336 e. The summed E-state index contributed by atoms with van der Waals surface area (Å²) < 4.78 is 13.4. The summed E-state index contributed by atoms with van der Waals surface area (Å²) in [6.07, 6.45) is 0.766. The van der Waals surface area contributed by atoms with E-state index in [4.69, 9.17) is 0 Å². The molecule has 0 spiro atoms. The summed E-state index contributed by atoms with van der Waals surface area (Å²) in [4.78, 5) is 24.2. The lowest BCUT2D eigenvalue weighted by molar-refractivity contribution is 0.0696. The molecule has 0 amide bonds. The predicted octanol–water partition coefficient (Wildman–Crippen LogP) is 2.98. The number of hydrogen-bond acceptors (Lipinski definition) is 3. The Hall–Kier alpha value is -2.53. The fourth-order valence-corrected chi connectivity index (χ4v) is 2.96. The number of carboxylic acid groups (broad SMARTS) is 1. The second kappa shape index (κ2) is 6.30. The first-order valence-electron chi connectivity index (χ1n) is 7.45. The summed E-state index contributed by atoms with van der Waals surface area (Å²) in [7, 11) is 0. The Bertz CT molecular complexity index is 767. The van der Waals surface area contributed by atoms with Crippen molar-refractivity contribution in [3.8, 4) is 11.1 Å². The molecule has 2 aromatic carbocycles. The van der Waals surface area contributed by atoms with E-state index < -0.39 is 11.8 Å². The second-order valence-corrected chi connectivity index (χ2v) is 5.59. The number of nitrogens with one attached hydrogen (secondary N) is 1. The summed E-state index contributed by atoms with van der Waals surface area (Å²) >= 11 is 0. The quantitative estimate of drug-likeness (QED) is 0.852. The van der Waals surface area contributed by atoms with Gasteiger partial charge in [-0.05, 0) is 36.2 Å². The van der Waals surface area contributed by atoms with Gasteiger partial charge in [-0.15, -0.1) is 0 Å². The Morgan fingerprint density at radius 1 is 1.09 bits per heavy atom. The van der Waals surface area contributed by atoms with Gasteiger partial charge in [-0.3, -0.25) is 4.79 Å². The molecule has 118 valence electrons. The van der Waals surface area contributed by atoms with E-state index in [0.717, 1.165) is 19.0 Å². The lowest BCUT2D eigenvalue weighted by atomic mass is 9.89. The average molecular weight is 313 g/mol. The lowest BCUT2D eigenvalue weighted by Crippen LogP contribution is -2.18. The second-order valence-electron chi connectivity index (χ2n) is 5.59. The molecule has 0 bridgehead atoms. The number of rotatable bonds is 4. The summed E-state index contributed by atoms with van der Waals surface area (Å²) in [5, 5.41) is 12.5. The van der Waals surface area contributed by atoms with Gasteiger partial charge in [-0.2, -0.15) is 0 Å². The van der Waals surface area contributed by atoms with Gasteiger partial charge in [-0.1, -0.05) is 30.3 Å². The first-order valence-corrected chi connectivity index (χ1v) is 7.45. The van der Waals surface area contributed by atoms with E-state index in [2.05, 4.69) is 5.32 Å². The monoisotopic (exact) mass is 313 g/mol. The summed E-state index contributed by atoms with van der Waals surface area (Å²) in [5.74, 6) is -1.95. The number of hydrogen-bond donors (Lipinski definition) is 2. The number of Topliss-reactive ketones (excluding diaryl/α,β-unsaturated/α-hetero) is 1. The van der Waals surface area contributed by atoms with Gasteiger partial charge in [-0.25, -0.2) is 9.18 Å². The van der Waals surface area contributed by atoms with Crippen molar-refractivity contribution in [1.29, 1.82) is 0 Å². The SMILES string of the molecule is O=C(O)c1cc(F)ccc1-c1ccccc1C(=O)C1CCNC1. The molecule has 1 saturated heterocycles. The van der Waals surface area contributed by atoms with Crippen LogP contribution in [0.15, 0.2) is 42.5 Å². The largest absolute Gasteiger partial charge is 0.478 e. The minimum absolute atomic E-state index is 0.00809. The van der Waals surface area contributed by atoms with Gasteiger partial charge in [0.1, 0.15) is 5.82 Å². The molecule has 1 fully saturated rings. The highest BCUT2D eigenvalue weighted by Gasteiger charge is 2.26. The van der Waals surface area contributed by atoms with Crippen molar-refractivity contribution >= 4 is 11.8 Å². The van der Waals surface area contributed by atoms with Crippen molar-refractivity contribution in [2.45, 2.75) is 6.42 Å². The maximum absolute atomic E-state index is 13.4. The van der Waals surface area contributed by atoms with E-state index in [1.54, 1.807) is 24.3 Å². The first-order chi connectivity index (χ1) is 11.1. The third-order valence-corrected chi connectivity index (χ3v) is 4.13. The molecule has 3 rings (SSSR count). The molecule has 0 radical (unpaired) electrons. The van der Waals surface area contributed by atoms with Crippen LogP contribution in [0.25, 0.3) is 11.1 Å². The maximum atomic E-state index is 13.4. The highest BCUT2D eigenvalue weighted by molar-refractivity contribution is 6.06. The molecule has 1 atom stereocenters. The highest BCUT2D eigenvalue weighted by Crippen LogP contribution is 2.30. The van der Waals surface area contributed by atoms with Crippen molar-refractivity contribution in [3.05, 3.63) is 59.4 Å². The van der Waals surface area contributed by atoms with Gasteiger partial charge < -0.3 is 10.4 Å². The van der Waals surface area contributed by atoms with Crippen molar-refractivity contribution < 1.29 is 19.1 Å². The Labute approximate surface area is 133 Å². The molecule has 0 aromatic heterocycles. The van der Waals surface area contributed by atoms with E-state index in [1.807, 2.05) is 0 Å². The molecule has 1 aliphatic rings. The number of carboxylic acids is 1. The van der Waals surface area contributed by atoms with Crippen molar-refractivity contribution in [2.75, 3.05) is 13.1 Å². The Kier molecular flexibility index (Phi) is 4.21. The van der Waals surface area contributed by atoms with Crippen LogP contribution in [0.1, 0.15) is 27.1 Å². The number of halogens is 1. The van der Waals surface area contributed by atoms with Crippen LogP contribution in [0.2, 0.25) is 0 Å². The molecule has 23 heavy (non-hydrogen) atoms. The molecule has 0 aliphatic carbocycles. The molecule has 2 aromatic rings. The molecular formula is C18H16FNO3. The van der Waals surface area contributed by atoms with Crippen molar-refractivity contribution in [2.24, 2.45) is 5.92 Å². The molecular weight excluding hydrogens is 297 g/mol. The van der Waals surface area contributed by atoms with Crippen LogP contribution in [-0.4, -0.2) is 29.9 Å². The summed E-state index contributed by atoms with van der Waals surface area (Å²) in [6, 6.07) is 10.5. The van der Waals surface area contributed by atoms with Crippen LogP contribution in [0.4, 0.5) is 4.39 Å². The topological polar surface area (TPSA) is 66.4 Å². The van der Waals surface area contributed by atoms with Gasteiger partial charge in [0.15, 0.2) is 5.78 Å². The van der Waals surface area contributed by atoms with Crippen LogP contribution in [0.3, 0.4) is 0 Å². The van der Waals surface area contributed by atoms with E-state index in [0.29, 0.717) is 23.2 Å². The number of benzene rings is 2. The van der Waals surface area contributed by atoms with E-state index in [9.17, 15) is 19.1 Å². The fourth-order valence-electron chi connectivity index (χ4n) is 2.96. The zero-order chi connectivity index (χ0) is 16.4. The molecule has 1 aliphatic heterocycles. The Morgan fingerprint density at radius 2 is 1.83 bits per heavy atom. The first kappa shape index (κ1) is 15.4. The Balaban J connectivity index is 2.11. The fraction of sp³-hybridized carbons (Fsp3) is 0.222. The number of carbonyl (C=O) groups is 2. The van der Waals surface area contributed by atoms with Gasteiger partial charge in [0.05, 0.1) is 5.56 Å². The van der Waals surface area contributed by atoms with Crippen LogP contribution in [0.5, 0.6) is 0 Å². The van der Waals surface area contributed by atoms with Gasteiger partial charge in [0.2, 0.25) is 0 Å². The van der Waals surface area contributed by atoms with Crippen LogP contribution >= 0.6 is 0 Å². The number of aromatic carboxylic acids is 1. The minimum atomic E-state index is -1.22. The molecule has 1 heterocycles. The van der Waals surface area contributed by atoms with E-state index in [-0.39, 0.29) is 17.3 Å². The third-order valence-electron chi connectivity index (χ3n) is 4.13. The van der Waals surface area contributed by atoms with Crippen LogP contribution in [0, 0.1) is 11.7 Å². The van der Waals surface area contributed by atoms with Gasteiger partial charge >= 0.3 is 5.97 Å². The van der Waals surface area contributed by atoms with Gasteiger partial charge in [0.25, 0.3) is 0 Å². The third kappa shape index (κ3) is 3.00. The molecule has 2 N–H and O–H groups in total. The Morgan fingerprint density at radius 3 is 2.52 bits per heavy atom. The smallest absolute Gasteiger partial charge is 0.336 e. The standard InChI is InChI=1S/C18H16FNO3/c19-12-5-6-14(16(9-12)18(22)23)13-3-1-2-4-15(13)17(21)11-7-8-20-10-11/h1-6,9,11,20H,7-8,10H2,(H,22,23). The van der Waals surface area contributed by atoms with Crippen LogP contribution < -0.4 is 5.32 Å². The zero-order valence-corrected chi connectivity index (χ0v) is 12.4. The summed E-state index contributed by atoms with van der Waals surface area (Å²) in [5.41, 5.74) is 1.22. The average Bonchev–Trinajstić information content (AvgIpc) is 3.08. The predicted molar refractivity (Wildman–Crippen MR) is 84.1 cm³/mol. The molecule has 1 unspecified atom stereocenters.